The Morgan fingerprint density at radius 1 is 1.22 bits per heavy atom. The molecule has 1 aromatic carbocycles. The summed E-state index contributed by atoms with van der Waals surface area (Å²) in [5.41, 5.74) is 0.357. The Labute approximate surface area is 160 Å². The van der Waals surface area contributed by atoms with Crippen molar-refractivity contribution >= 4 is 28.7 Å². The molecule has 0 saturated carbocycles. The predicted molar refractivity (Wildman–Crippen MR) is 103 cm³/mol. The Bertz CT molecular complexity index is 1130. The van der Waals surface area contributed by atoms with Crippen molar-refractivity contribution in [2.75, 3.05) is 7.05 Å². The van der Waals surface area contributed by atoms with E-state index < -0.39 is 11.2 Å². The molecule has 27 heavy (non-hydrogen) atoms. The third-order valence-corrected chi connectivity index (χ3v) is 5.07. The minimum absolute atomic E-state index is 0.241. The van der Waals surface area contributed by atoms with Gasteiger partial charge in [-0.1, -0.05) is 23.7 Å². The van der Waals surface area contributed by atoms with Crippen molar-refractivity contribution in [2.24, 2.45) is 14.1 Å². The molecule has 0 fully saturated rings. The number of imidazole rings is 1. The van der Waals surface area contributed by atoms with Gasteiger partial charge in [0.1, 0.15) is 6.54 Å². The van der Waals surface area contributed by atoms with E-state index in [0.29, 0.717) is 10.7 Å². The number of benzene rings is 1. The van der Waals surface area contributed by atoms with Crippen molar-refractivity contribution in [1.82, 2.24) is 23.6 Å². The first-order chi connectivity index (χ1) is 12.7. The van der Waals surface area contributed by atoms with Crippen molar-refractivity contribution in [3.63, 3.8) is 0 Å². The van der Waals surface area contributed by atoms with Crippen LogP contribution in [-0.2, 0) is 25.4 Å². The summed E-state index contributed by atoms with van der Waals surface area (Å²) in [6.45, 7) is 1.52. The van der Waals surface area contributed by atoms with E-state index in [1.807, 2.05) is 19.1 Å². The van der Waals surface area contributed by atoms with Crippen molar-refractivity contribution < 1.29 is 4.79 Å². The highest BCUT2D eigenvalue weighted by molar-refractivity contribution is 6.30. The topological polar surface area (TPSA) is 82.1 Å². The summed E-state index contributed by atoms with van der Waals surface area (Å²) < 4.78 is 3.75. The Morgan fingerprint density at radius 3 is 2.48 bits per heavy atom. The van der Waals surface area contributed by atoms with E-state index in [-0.39, 0.29) is 24.0 Å². The monoisotopic (exact) mass is 389 g/mol. The van der Waals surface area contributed by atoms with E-state index in [0.717, 1.165) is 10.1 Å². The van der Waals surface area contributed by atoms with E-state index in [9.17, 15) is 14.4 Å². The highest BCUT2D eigenvalue weighted by atomic mass is 35.5. The molecule has 0 radical (unpaired) electrons. The molecule has 0 bridgehead atoms. The second-order valence-electron chi connectivity index (χ2n) is 6.49. The molecule has 0 spiro atoms. The van der Waals surface area contributed by atoms with Gasteiger partial charge in [-0.2, -0.15) is 0 Å². The van der Waals surface area contributed by atoms with Crippen LogP contribution in [0.4, 0.5) is 0 Å². The number of hydrogen-bond acceptors (Lipinski definition) is 4. The van der Waals surface area contributed by atoms with Gasteiger partial charge in [-0.15, -0.1) is 0 Å². The Kier molecular flexibility index (Phi) is 4.93. The first kappa shape index (κ1) is 18.9. The molecule has 9 heteroatoms. The third-order valence-electron chi connectivity index (χ3n) is 4.82. The number of nitrogens with zero attached hydrogens (tertiary/aromatic N) is 5. The Balaban J connectivity index is 1.94. The normalized spacial score (nSPS) is 12.3. The second-order valence-corrected chi connectivity index (χ2v) is 6.93. The van der Waals surface area contributed by atoms with Crippen molar-refractivity contribution in [3.05, 3.63) is 62.0 Å². The number of amides is 1. The zero-order valence-corrected chi connectivity index (χ0v) is 16.3. The quantitative estimate of drug-likeness (QED) is 0.673. The van der Waals surface area contributed by atoms with Crippen LogP contribution in [0.3, 0.4) is 0 Å². The standard InChI is InChI=1S/C18H20ClN5O3/c1-11(12-5-7-13(19)8-6-12)22(3)14(25)9-24-17(26)15-16(20-10-21(15)2)23(4)18(24)27/h5-8,10-11H,9H2,1-4H3. The first-order valence-electron chi connectivity index (χ1n) is 8.34. The van der Waals surface area contributed by atoms with Crippen LogP contribution in [-0.4, -0.2) is 36.5 Å². The molecule has 1 atom stereocenters. The summed E-state index contributed by atoms with van der Waals surface area (Å²) in [5.74, 6) is -0.349. The number of aromatic nitrogens is 4. The van der Waals surface area contributed by atoms with Crippen LogP contribution < -0.4 is 11.2 Å². The predicted octanol–water partition coefficient (Wildman–Crippen LogP) is 1.31. The molecule has 0 N–H and O–H groups in total. The highest BCUT2D eigenvalue weighted by Gasteiger charge is 2.21. The fourth-order valence-electron chi connectivity index (χ4n) is 2.96. The Morgan fingerprint density at radius 2 is 1.85 bits per heavy atom. The van der Waals surface area contributed by atoms with Gasteiger partial charge in [0, 0.05) is 26.2 Å². The number of hydrogen-bond donors (Lipinski definition) is 0. The molecule has 0 saturated heterocycles. The molecule has 2 heterocycles. The number of rotatable bonds is 4. The summed E-state index contributed by atoms with van der Waals surface area (Å²) in [4.78, 5) is 43.6. The van der Waals surface area contributed by atoms with Gasteiger partial charge >= 0.3 is 5.69 Å². The van der Waals surface area contributed by atoms with Crippen LogP contribution in [0.1, 0.15) is 18.5 Å². The number of carbonyl (C=O) groups is 1. The van der Waals surface area contributed by atoms with Gasteiger partial charge in [0.2, 0.25) is 5.91 Å². The average molecular weight is 390 g/mol. The third kappa shape index (κ3) is 3.28. The van der Waals surface area contributed by atoms with Crippen LogP contribution in [0.2, 0.25) is 5.02 Å². The average Bonchev–Trinajstić information content (AvgIpc) is 3.04. The van der Waals surface area contributed by atoms with Gasteiger partial charge < -0.3 is 9.47 Å². The van der Waals surface area contributed by atoms with Crippen LogP contribution in [0.25, 0.3) is 11.2 Å². The zero-order valence-electron chi connectivity index (χ0n) is 15.5. The summed E-state index contributed by atoms with van der Waals surface area (Å²) in [6, 6.07) is 6.94. The maximum absolute atomic E-state index is 12.7. The first-order valence-corrected chi connectivity index (χ1v) is 8.72. The van der Waals surface area contributed by atoms with Crippen molar-refractivity contribution in [2.45, 2.75) is 19.5 Å². The SMILES string of the molecule is CC(c1ccc(Cl)cc1)N(C)C(=O)Cn1c(=O)c2c(ncn2C)n(C)c1=O. The maximum atomic E-state index is 12.7. The molecule has 1 unspecified atom stereocenters. The lowest BCUT2D eigenvalue weighted by atomic mass is 10.1. The lowest BCUT2D eigenvalue weighted by Gasteiger charge is -2.25. The van der Waals surface area contributed by atoms with E-state index in [1.54, 1.807) is 26.2 Å². The number of carbonyl (C=O) groups excluding carboxylic acids is 1. The Hall–Kier alpha value is -2.87. The molecule has 0 aliphatic heterocycles. The van der Waals surface area contributed by atoms with E-state index in [2.05, 4.69) is 4.98 Å². The minimum atomic E-state index is -0.577. The molecule has 2 aromatic heterocycles. The largest absolute Gasteiger partial charge is 0.337 e. The van der Waals surface area contributed by atoms with Crippen molar-refractivity contribution in [1.29, 1.82) is 0 Å². The summed E-state index contributed by atoms with van der Waals surface area (Å²) in [7, 11) is 4.83. The fourth-order valence-corrected chi connectivity index (χ4v) is 3.09. The van der Waals surface area contributed by atoms with Gasteiger partial charge in [-0.3, -0.25) is 14.2 Å². The number of aryl methyl sites for hydroxylation is 2. The number of fused-ring (bicyclic) bond motifs is 1. The summed E-state index contributed by atoms with van der Waals surface area (Å²) in [6.07, 6.45) is 1.46. The molecule has 3 rings (SSSR count). The van der Waals surface area contributed by atoms with Gasteiger partial charge in [0.05, 0.1) is 12.4 Å². The molecule has 8 nitrogen and oxygen atoms in total. The maximum Gasteiger partial charge on any atom is 0.332 e. The van der Waals surface area contributed by atoms with Crippen LogP contribution in [0, 0.1) is 0 Å². The van der Waals surface area contributed by atoms with Crippen molar-refractivity contribution in [3.8, 4) is 0 Å². The van der Waals surface area contributed by atoms with Gasteiger partial charge in [-0.25, -0.2) is 14.3 Å². The van der Waals surface area contributed by atoms with Crippen LogP contribution in [0.5, 0.6) is 0 Å². The molecule has 3 aromatic rings. The molecular formula is C18H20ClN5O3. The highest BCUT2D eigenvalue weighted by Crippen LogP contribution is 2.21. The smallest absolute Gasteiger partial charge is 0.332 e. The molecular weight excluding hydrogens is 370 g/mol. The zero-order chi connectivity index (χ0) is 19.9. The lowest BCUT2D eigenvalue weighted by Crippen LogP contribution is -2.44. The van der Waals surface area contributed by atoms with Gasteiger partial charge in [-0.05, 0) is 24.6 Å². The number of likely N-dealkylation sites (N-methyl/N-ethyl adjacent to an activating group) is 1. The van der Waals surface area contributed by atoms with Gasteiger partial charge in [0.15, 0.2) is 11.2 Å². The summed E-state index contributed by atoms with van der Waals surface area (Å²) in [5, 5.41) is 0.611. The molecule has 142 valence electrons. The minimum Gasteiger partial charge on any atom is -0.337 e. The van der Waals surface area contributed by atoms with E-state index in [4.69, 9.17) is 11.6 Å². The molecule has 1 amide bonds. The molecule has 0 aliphatic carbocycles. The lowest BCUT2D eigenvalue weighted by molar-refractivity contribution is -0.132. The van der Waals surface area contributed by atoms with Gasteiger partial charge in [0.25, 0.3) is 5.56 Å². The number of halogens is 1. The van der Waals surface area contributed by atoms with Crippen LogP contribution >= 0.6 is 11.6 Å². The summed E-state index contributed by atoms with van der Waals surface area (Å²) >= 11 is 5.90. The fraction of sp³-hybridized carbons (Fsp3) is 0.333. The van der Waals surface area contributed by atoms with Crippen LogP contribution in [0.15, 0.2) is 40.2 Å². The second kappa shape index (κ2) is 7.03. The van der Waals surface area contributed by atoms with E-state index in [1.165, 1.54) is 27.4 Å². The molecule has 0 aliphatic rings. The van der Waals surface area contributed by atoms with E-state index >= 15 is 0 Å².